The van der Waals surface area contributed by atoms with Gasteiger partial charge in [0.15, 0.2) is 0 Å². The highest BCUT2D eigenvalue weighted by Crippen LogP contribution is 2.23. The third-order valence-corrected chi connectivity index (χ3v) is 5.30. The molecule has 1 unspecified atom stereocenters. The zero-order chi connectivity index (χ0) is 16.4. The molecule has 2 aliphatic rings. The number of hydrogen-bond acceptors (Lipinski definition) is 2. The number of halogens is 1. The number of piperidine rings is 1. The third-order valence-electron chi connectivity index (χ3n) is 4.41. The molecule has 3 amide bonds. The van der Waals surface area contributed by atoms with Gasteiger partial charge in [0, 0.05) is 29.3 Å². The van der Waals surface area contributed by atoms with Gasteiger partial charge in [0.2, 0.25) is 5.91 Å². The summed E-state index contributed by atoms with van der Waals surface area (Å²) >= 11 is 3.46. The Kier molecular flexibility index (Phi) is 4.90. The maximum Gasteiger partial charge on any atom is 0.317 e. The second-order valence-electron chi connectivity index (χ2n) is 6.46. The van der Waals surface area contributed by atoms with Crippen molar-refractivity contribution < 1.29 is 9.59 Å². The number of likely N-dealkylation sites (tertiary alicyclic amines) is 1. The van der Waals surface area contributed by atoms with Crippen LogP contribution in [0.3, 0.4) is 0 Å². The summed E-state index contributed by atoms with van der Waals surface area (Å²) in [6.07, 6.45) is 3.85. The number of carbonyl (C=O) groups excluding carboxylic acids is 2. The molecule has 1 aliphatic carbocycles. The molecule has 2 fully saturated rings. The molecular weight excluding hydrogens is 358 g/mol. The van der Waals surface area contributed by atoms with Gasteiger partial charge in [-0.05, 0) is 56.4 Å². The molecule has 6 heteroatoms. The van der Waals surface area contributed by atoms with Crippen LogP contribution in [-0.2, 0) is 4.79 Å². The molecule has 1 aromatic carbocycles. The quantitative estimate of drug-likeness (QED) is 0.846. The van der Waals surface area contributed by atoms with Gasteiger partial charge in [0.05, 0.1) is 5.92 Å². The minimum atomic E-state index is -0.141. The van der Waals surface area contributed by atoms with Crippen LogP contribution in [0.25, 0.3) is 0 Å². The fourth-order valence-electron chi connectivity index (χ4n) is 2.84. The summed E-state index contributed by atoms with van der Waals surface area (Å²) in [6, 6.07) is 6.09. The first-order valence-electron chi connectivity index (χ1n) is 8.15. The van der Waals surface area contributed by atoms with Gasteiger partial charge in [-0.15, -0.1) is 0 Å². The van der Waals surface area contributed by atoms with E-state index in [-0.39, 0.29) is 17.9 Å². The average molecular weight is 380 g/mol. The molecule has 23 heavy (non-hydrogen) atoms. The lowest BCUT2D eigenvalue weighted by atomic mass is 9.97. The van der Waals surface area contributed by atoms with Crippen LogP contribution >= 0.6 is 15.9 Å². The van der Waals surface area contributed by atoms with Crippen molar-refractivity contribution >= 4 is 33.6 Å². The Labute approximate surface area is 144 Å². The van der Waals surface area contributed by atoms with Gasteiger partial charge >= 0.3 is 6.03 Å². The number of rotatable bonds is 3. The zero-order valence-corrected chi connectivity index (χ0v) is 14.9. The first kappa shape index (κ1) is 16.3. The molecule has 1 saturated heterocycles. The van der Waals surface area contributed by atoms with Gasteiger partial charge in [-0.1, -0.05) is 15.9 Å². The van der Waals surface area contributed by atoms with E-state index >= 15 is 0 Å². The van der Waals surface area contributed by atoms with Crippen molar-refractivity contribution in [3.63, 3.8) is 0 Å². The largest absolute Gasteiger partial charge is 0.335 e. The van der Waals surface area contributed by atoms with Crippen molar-refractivity contribution in [1.82, 2.24) is 10.2 Å². The second kappa shape index (κ2) is 6.91. The molecular formula is C17H22BrN3O2. The topological polar surface area (TPSA) is 61.4 Å². The molecule has 5 nitrogen and oxygen atoms in total. The lowest BCUT2D eigenvalue weighted by molar-refractivity contribution is -0.121. The van der Waals surface area contributed by atoms with E-state index in [0.29, 0.717) is 12.6 Å². The Balaban J connectivity index is 1.57. The number of amides is 3. The minimum Gasteiger partial charge on any atom is -0.335 e. The Morgan fingerprint density at radius 3 is 2.74 bits per heavy atom. The van der Waals surface area contributed by atoms with Crippen molar-refractivity contribution in [3.8, 4) is 0 Å². The molecule has 1 atom stereocenters. The van der Waals surface area contributed by atoms with Gasteiger partial charge in [-0.3, -0.25) is 4.79 Å². The minimum absolute atomic E-state index is 0.00403. The second-order valence-corrected chi connectivity index (χ2v) is 7.32. The third kappa shape index (κ3) is 4.25. The van der Waals surface area contributed by atoms with E-state index in [9.17, 15) is 9.59 Å². The summed E-state index contributed by atoms with van der Waals surface area (Å²) in [5.74, 6) is -0.145. The number of nitrogens with one attached hydrogen (secondary N) is 2. The molecule has 0 spiro atoms. The van der Waals surface area contributed by atoms with Crippen molar-refractivity contribution in [2.45, 2.75) is 38.6 Å². The highest BCUT2D eigenvalue weighted by Gasteiger charge is 2.31. The highest BCUT2D eigenvalue weighted by molar-refractivity contribution is 9.10. The Morgan fingerprint density at radius 1 is 1.26 bits per heavy atom. The van der Waals surface area contributed by atoms with Crippen LogP contribution in [0.5, 0.6) is 0 Å². The molecule has 1 saturated carbocycles. The van der Waals surface area contributed by atoms with E-state index < -0.39 is 0 Å². The summed E-state index contributed by atoms with van der Waals surface area (Å²) in [5, 5.41) is 5.97. The van der Waals surface area contributed by atoms with Crippen molar-refractivity contribution in [2.24, 2.45) is 5.92 Å². The van der Waals surface area contributed by atoms with Crippen LogP contribution in [0.4, 0.5) is 10.5 Å². The lowest BCUT2D eigenvalue weighted by Gasteiger charge is -2.32. The number of aryl methyl sites for hydroxylation is 1. The fourth-order valence-corrected chi connectivity index (χ4v) is 3.08. The number of carbonyl (C=O) groups is 2. The summed E-state index contributed by atoms with van der Waals surface area (Å²) < 4.78 is 1.02. The average Bonchev–Trinajstić information content (AvgIpc) is 3.35. The number of urea groups is 1. The highest BCUT2D eigenvalue weighted by atomic mass is 79.9. The number of anilines is 1. The summed E-state index contributed by atoms with van der Waals surface area (Å²) in [7, 11) is 0. The standard InChI is InChI=1S/C17H22BrN3O2/c1-11-9-14(6-7-15(11)18)19-16(22)12-3-2-8-21(10-12)17(23)20-13-4-5-13/h6-7,9,12-13H,2-5,8,10H2,1H3,(H,19,22)(H,20,23). The van der Waals surface area contributed by atoms with E-state index in [2.05, 4.69) is 26.6 Å². The van der Waals surface area contributed by atoms with E-state index in [1.54, 1.807) is 4.90 Å². The van der Waals surface area contributed by atoms with Crippen LogP contribution in [0, 0.1) is 12.8 Å². The van der Waals surface area contributed by atoms with Crippen molar-refractivity contribution in [2.75, 3.05) is 18.4 Å². The lowest BCUT2D eigenvalue weighted by Crippen LogP contribution is -2.48. The van der Waals surface area contributed by atoms with Crippen LogP contribution in [-0.4, -0.2) is 36.0 Å². The van der Waals surface area contributed by atoms with Gasteiger partial charge in [0.1, 0.15) is 0 Å². The first-order chi connectivity index (χ1) is 11.0. The normalized spacial score (nSPS) is 21.0. The van der Waals surface area contributed by atoms with Gasteiger partial charge < -0.3 is 15.5 Å². The number of hydrogen-bond donors (Lipinski definition) is 2. The van der Waals surface area contributed by atoms with Gasteiger partial charge in [0.25, 0.3) is 0 Å². The molecule has 2 N–H and O–H groups in total. The number of benzene rings is 1. The van der Waals surface area contributed by atoms with Gasteiger partial charge in [-0.2, -0.15) is 0 Å². The first-order valence-corrected chi connectivity index (χ1v) is 8.94. The molecule has 0 radical (unpaired) electrons. The van der Waals surface area contributed by atoms with Crippen molar-refractivity contribution in [1.29, 1.82) is 0 Å². The van der Waals surface area contributed by atoms with E-state index in [0.717, 1.165) is 48.0 Å². The Hall–Kier alpha value is -1.56. The fraction of sp³-hybridized carbons (Fsp3) is 0.529. The van der Waals surface area contributed by atoms with Crippen LogP contribution in [0.1, 0.15) is 31.2 Å². The molecule has 1 aliphatic heterocycles. The van der Waals surface area contributed by atoms with Crippen molar-refractivity contribution in [3.05, 3.63) is 28.2 Å². The predicted molar refractivity (Wildman–Crippen MR) is 93.4 cm³/mol. The molecule has 0 aromatic heterocycles. The number of nitrogens with zero attached hydrogens (tertiary/aromatic N) is 1. The van der Waals surface area contributed by atoms with Crippen LogP contribution in [0.2, 0.25) is 0 Å². The molecule has 0 bridgehead atoms. The van der Waals surface area contributed by atoms with E-state index in [1.807, 2.05) is 25.1 Å². The summed E-state index contributed by atoms with van der Waals surface area (Å²) in [4.78, 5) is 26.4. The molecule has 124 valence electrons. The van der Waals surface area contributed by atoms with Crippen LogP contribution in [0.15, 0.2) is 22.7 Å². The van der Waals surface area contributed by atoms with E-state index in [4.69, 9.17) is 0 Å². The maximum absolute atomic E-state index is 12.5. The SMILES string of the molecule is Cc1cc(NC(=O)C2CCCN(C(=O)NC3CC3)C2)ccc1Br. The Morgan fingerprint density at radius 2 is 2.04 bits per heavy atom. The monoisotopic (exact) mass is 379 g/mol. The smallest absolute Gasteiger partial charge is 0.317 e. The van der Waals surface area contributed by atoms with Crippen LogP contribution < -0.4 is 10.6 Å². The summed E-state index contributed by atoms with van der Waals surface area (Å²) in [5.41, 5.74) is 1.88. The Bertz CT molecular complexity index is 616. The molecule has 1 heterocycles. The van der Waals surface area contributed by atoms with E-state index in [1.165, 1.54) is 0 Å². The zero-order valence-electron chi connectivity index (χ0n) is 13.3. The molecule has 1 aromatic rings. The summed E-state index contributed by atoms with van der Waals surface area (Å²) in [6.45, 7) is 3.23. The molecule has 3 rings (SSSR count). The maximum atomic E-state index is 12.5. The predicted octanol–water partition coefficient (Wildman–Crippen LogP) is 3.28. The van der Waals surface area contributed by atoms with Gasteiger partial charge in [-0.25, -0.2) is 4.79 Å².